The van der Waals surface area contributed by atoms with E-state index in [4.69, 9.17) is 16.3 Å². The molecule has 0 saturated heterocycles. The van der Waals surface area contributed by atoms with Crippen molar-refractivity contribution in [1.82, 2.24) is 0 Å². The van der Waals surface area contributed by atoms with E-state index in [1.165, 1.54) is 7.11 Å². The van der Waals surface area contributed by atoms with Crippen LogP contribution < -0.4 is 5.32 Å². The first-order valence-electron chi connectivity index (χ1n) is 6.07. The van der Waals surface area contributed by atoms with Crippen molar-refractivity contribution < 1.29 is 9.53 Å². The van der Waals surface area contributed by atoms with Gasteiger partial charge in [0.2, 0.25) is 0 Å². The number of ether oxygens (including phenoxy) is 1. The maximum absolute atomic E-state index is 11.9. The molecule has 0 bridgehead atoms. The molecule has 0 radical (unpaired) electrons. The van der Waals surface area contributed by atoms with E-state index in [0.29, 0.717) is 22.8 Å². The highest BCUT2D eigenvalue weighted by atomic mass is 79.9. The van der Waals surface area contributed by atoms with Crippen LogP contribution in [-0.4, -0.2) is 13.1 Å². The SMILES string of the molecule is COC(=O)c1cc(Br)cc(Br)c1NCc1ccccc1Cl. The number of anilines is 1. The summed E-state index contributed by atoms with van der Waals surface area (Å²) < 4.78 is 6.37. The predicted molar refractivity (Wildman–Crippen MR) is 92.0 cm³/mol. The Morgan fingerprint density at radius 2 is 2.00 bits per heavy atom. The van der Waals surface area contributed by atoms with E-state index in [1.54, 1.807) is 6.07 Å². The van der Waals surface area contributed by atoms with Gasteiger partial charge < -0.3 is 10.1 Å². The lowest BCUT2D eigenvalue weighted by atomic mass is 10.1. The lowest BCUT2D eigenvalue weighted by Crippen LogP contribution is -2.09. The lowest BCUT2D eigenvalue weighted by molar-refractivity contribution is 0.0601. The normalized spacial score (nSPS) is 10.3. The third-order valence-electron chi connectivity index (χ3n) is 2.87. The first kappa shape index (κ1) is 16.3. The van der Waals surface area contributed by atoms with Crippen molar-refractivity contribution in [2.75, 3.05) is 12.4 Å². The van der Waals surface area contributed by atoms with Crippen LogP contribution in [0.3, 0.4) is 0 Å². The number of hydrogen-bond acceptors (Lipinski definition) is 3. The smallest absolute Gasteiger partial charge is 0.340 e. The maximum atomic E-state index is 11.9. The van der Waals surface area contributed by atoms with Crippen LogP contribution in [0.25, 0.3) is 0 Å². The summed E-state index contributed by atoms with van der Waals surface area (Å²) in [7, 11) is 1.36. The van der Waals surface area contributed by atoms with Gasteiger partial charge in [-0.15, -0.1) is 0 Å². The minimum Gasteiger partial charge on any atom is -0.465 e. The second kappa shape index (κ2) is 7.29. The summed E-state index contributed by atoms with van der Waals surface area (Å²) in [5.41, 5.74) is 2.07. The Balaban J connectivity index is 2.31. The molecule has 3 nitrogen and oxygen atoms in total. The predicted octanol–water partition coefficient (Wildman–Crippen LogP) is 5.26. The molecule has 2 rings (SSSR count). The van der Waals surface area contributed by atoms with E-state index >= 15 is 0 Å². The summed E-state index contributed by atoms with van der Waals surface area (Å²) in [4.78, 5) is 11.9. The van der Waals surface area contributed by atoms with Gasteiger partial charge in [-0.25, -0.2) is 4.79 Å². The van der Waals surface area contributed by atoms with E-state index in [2.05, 4.69) is 37.2 Å². The molecule has 0 saturated carbocycles. The molecule has 0 spiro atoms. The third-order valence-corrected chi connectivity index (χ3v) is 4.33. The quantitative estimate of drug-likeness (QED) is 0.668. The van der Waals surface area contributed by atoms with Gasteiger partial charge >= 0.3 is 5.97 Å². The van der Waals surface area contributed by atoms with Gasteiger partial charge in [0.1, 0.15) is 0 Å². The number of rotatable bonds is 4. The number of carbonyl (C=O) groups is 1. The number of hydrogen-bond donors (Lipinski definition) is 1. The molecule has 0 aliphatic carbocycles. The fraction of sp³-hybridized carbons (Fsp3) is 0.133. The Kier molecular flexibility index (Phi) is 5.67. The minimum absolute atomic E-state index is 0.404. The molecule has 21 heavy (non-hydrogen) atoms. The van der Waals surface area contributed by atoms with E-state index in [1.807, 2.05) is 30.3 Å². The summed E-state index contributed by atoms with van der Waals surface area (Å²) in [5.74, 6) is -0.404. The molecular weight excluding hydrogens is 421 g/mol. The van der Waals surface area contributed by atoms with Gasteiger partial charge in [0.05, 0.1) is 18.4 Å². The van der Waals surface area contributed by atoms with Crippen LogP contribution in [0.4, 0.5) is 5.69 Å². The summed E-state index contributed by atoms with van der Waals surface area (Å²) in [6.45, 7) is 0.504. The van der Waals surface area contributed by atoms with Gasteiger partial charge in [0, 0.05) is 20.5 Å². The molecule has 0 amide bonds. The molecular formula is C15H12Br2ClNO2. The van der Waals surface area contributed by atoms with Crippen LogP contribution in [0, 0.1) is 0 Å². The standard InChI is InChI=1S/C15H12Br2ClNO2/c1-21-15(20)11-6-10(16)7-12(17)14(11)19-8-9-4-2-3-5-13(9)18/h2-7,19H,8H2,1H3. The number of carbonyl (C=O) groups excluding carboxylic acids is 1. The highest BCUT2D eigenvalue weighted by Crippen LogP contribution is 2.32. The van der Waals surface area contributed by atoms with Gasteiger partial charge in [0.25, 0.3) is 0 Å². The fourth-order valence-electron chi connectivity index (χ4n) is 1.85. The van der Waals surface area contributed by atoms with Crippen LogP contribution in [0.2, 0.25) is 5.02 Å². The summed E-state index contributed by atoms with van der Waals surface area (Å²) in [5, 5.41) is 3.91. The number of benzene rings is 2. The zero-order valence-corrected chi connectivity index (χ0v) is 15.0. The summed E-state index contributed by atoms with van der Waals surface area (Å²) in [6, 6.07) is 11.1. The van der Waals surface area contributed by atoms with Crippen molar-refractivity contribution in [1.29, 1.82) is 0 Å². The largest absolute Gasteiger partial charge is 0.465 e. The Bertz CT molecular complexity index is 677. The second-order valence-corrected chi connectivity index (χ2v) is 6.42. The Hall–Kier alpha value is -1.04. The van der Waals surface area contributed by atoms with Crippen LogP contribution in [0.5, 0.6) is 0 Å². The van der Waals surface area contributed by atoms with E-state index in [9.17, 15) is 4.79 Å². The van der Waals surface area contributed by atoms with Crippen LogP contribution in [-0.2, 0) is 11.3 Å². The average Bonchev–Trinajstić information content (AvgIpc) is 2.46. The van der Waals surface area contributed by atoms with Crippen molar-refractivity contribution in [3.05, 3.63) is 61.5 Å². The van der Waals surface area contributed by atoms with Crippen molar-refractivity contribution in [3.63, 3.8) is 0 Å². The lowest BCUT2D eigenvalue weighted by Gasteiger charge is -2.14. The molecule has 0 fully saturated rings. The van der Waals surface area contributed by atoms with Crippen molar-refractivity contribution in [3.8, 4) is 0 Å². The number of nitrogens with one attached hydrogen (secondary N) is 1. The third kappa shape index (κ3) is 3.99. The van der Waals surface area contributed by atoms with Gasteiger partial charge in [-0.2, -0.15) is 0 Å². The first-order chi connectivity index (χ1) is 10.0. The molecule has 0 heterocycles. The summed E-state index contributed by atoms with van der Waals surface area (Å²) >= 11 is 13.0. The molecule has 6 heteroatoms. The van der Waals surface area contributed by atoms with Crippen molar-refractivity contribution >= 4 is 55.1 Å². The second-order valence-electron chi connectivity index (χ2n) is 4.25. The Morgan fingerprint density at radius 1 is 1.29 bits per heavy atom. The summed E-state index contributed by atoms with van der Waals surface area (Å²) in [6.07, 6.45) is 0. The molecule has 110 valence electrons. The Morgan fingerprint density at radius 3 is 2.67 bits per heavy atom. The van der Waals surface area contributed by atoms with Crippen LogP contribution in [0.1, 0.15) is 15.9 Å². The van der Waals surface area contributed by atoms with Crippen molar-refractivity contribution in [2.45, 2.75) is 6.54 Å². The fourth-order valence-corrected chi connectivity index (χ4v) is 3.42. The molecule has 0 atom stereocenters. The van der Waals surface area contributed by atoms with Crippen LogP contribution >= 0.6 is 43.5 Å². The number of methoxy groups -OCH3 is 1. The zero-order chi connectivity index (χ0) is 15.4. The molecule has 1 N–H and O–H groups in total. The zero-order valence-electron chi connectivity index (χ0n) is 11.1. The maximum Gasteiger partial charge on any atom is 0.340 e. The Labute approximate surface area is 144 Å². The molecule has 0 aliphatic heterocycles. The van der Waals surface area contributed by atoms with E-state index < -0.39 is 5.97 Å². The monoisotopic (exact) mass is 431 g/mol. The van der Waals surface area contributed by atoms with Gasteiger partial charge in [-0.1, -0.05) is 45.7 Å². The van der Waals surface area contributed by atoms with Crippen LogP contribution in [0.15, 0.2) is 45.3 Å². The van der Waals surface area contributed by atoms with E-state index in [0.717, 1.165) is 14.5 Å². The minimum atomic E-state index is -0.404. The molecule has 0 aromatic heterocycles. The average molecular weight is 434 g/mol. The van der Waals surface area contributed by atoms with E-state index in [-0.39, 0.29) is 0 Å². The number of halogens is 3. The highest BCUT2D eigenvalue weighted by Gasteiger charge is 2.16. The topological polar surface area (TPSA) is 38.3 Å². The van der Waals surface area contributed by atoms with Crippen molar-refractivity contribution in [2.24, 2.45) is 0 Å². The van der Waals surface area contributed by atoms with Gasteiger partial charge in [-0.3, -0.25) is 0 Å². The molecule has 0 aliphatic rings. The van der Waals surface area contributed by atoms with Gasteiger partial charge in [-0.05, 0) is 39.7 Å². The molecule has 0 unspecified atom stereocenters. The molecule has 2 aromatic rings. The van der Waals surface area contributed by atoms with Gasteiger partial charge in [0.15, 0.2) is 0 Å². The highest BCUT2D eigenvalue weighted by molar-refractivity contribution is 9.11. The number of esters is 1. The first-order valence-corrected chi connectivity index (χ1v) is 8.04. The molecule has 2 aromatic carbocycles.